The number of nitrogens with one attached hydrogen (secondary N) is 2. The molecule has 182 valence electrons. The van der Waals surface area contributed by atoms with E-state index in [0.29, 0.717) is 24.6 Å². The Balaban J connectivity index is 0.00000512. The van der Waals surface area contributed by atoms with Crippen molar-refractivity contribution in [2.24, 2.45) is 4.99 Å². The number of hydrogen-bond acceptors (Lipinski definition) is 4. The van der Waals surface area contributed by atoms with Gasteiger partial charge < -0.3 is 25.0 Å². The van der Waals surface area contributed by atoms with Crippen molar-refractivity contribution >= 4 is 36.0 Å². The summed E-state index contributed by atoms with van der Waals surface area (Å²) in [6.07, 6.45) is -4.00. The molecule has 0 bridgehead atoms. The van der Waals surface area contributed by atoms with Gasteiger partial charge >= 0.3 is 12.3 Å². The lowest BCUT2D eigenvalue weighted by molar-refractivity contribution is -0.176. The fourth-order valence-corrected chi connectivity index (χ4v) is 3.17. The highest BCUT2D eigenvalue weighted by Gasteiger charge is 2.28. The molecule has 7 nitrogen and oxygen atoms in total. The largest absolute Gasteiger partial charge is 0.444 e. The summed E-state index contributed by atoms with van der Waals surface area (Å²) in [5.41, 5.74) is 1.02. The zero-order valence-electron chi connectivity index (χ0n) is 18.8. The molecule has 1 unspecified atom stereocenters. The summed E-state index contributed by atoms with van der Waals surface area (Å²) in [4.78, 5) is 18.3. The number of guanidine groups is 1. The molecule has 0 saturated carbocycles. The molecule has 2 rings (SSSR count). The standard InChI is InChI=1S/C21H31F3N4O3.HI/c1-20(2,3)31-19(29)27-17-8-9-28(12-17)18(25-4)26-11-15-6-5-7-16(10-15)13-30-14-21(22,23)24;/h5-7,10,17H,8-9,11-14H2,1-4H3,(H,25,26)(H,27,29);1H. The van der Waals surface area contributed by atoms with Crippen LogP contribution in [-0.2, 0) is 22.6 Å². The maximum atomic E-state index is 12.2. The molecule has 0 spiro atoms. The van der Waals surface area contributed by atoms with Gasteiger partial charge in [-0.25, -0.2) is 4.79 Å². The van der Waals surface area contributed by atoms with Gasteiger partial charge in [0.1, 0.15) is 12.2 Å². The van der Waals surface area contributed by atoms with Crippen molar-refractivity contribution in [3.05, 3.63) is 35.4 Å². The maximum absolute atomic E-state index is 12.2. The van der Waals surface area contributed by atoms with Gasteiger partial charge in [-0.1, -0.05) is 24.3 Å². The molecule has 1 saturated heterocycles. The van der Waals surface area contributed by atoms with Crippen molar-refractivity contribution < 1.29 is 27.4 Å². The summed E-state index contributed by atoms with van der Waals surface area (Å²) < 4.78 is 46.7. The molecule has 11 heteroatoms. The number of amides is 1. The zero-order valence-corrected chi connectivity index (χ0v) is 21.1. The maximum Gasteiger partial charge on any atom is 0.411 e. The van der Waals surface area contributed by atoms with Crippen LogP contribution in [0.25, 0.3) is 0 Å². The molecule has 1 atom stereocenters. The molecule has 1 aromatic rings. The molecule has 1 fully saturated rings. The molecule has 0 aromatic heterocycles. The molecule has 1 aromatic carbocycles. The Morgan fingerprint density at radius 3 is 2.56 bits per heavy atom. The minimum atomic E-state index is -4.34. The van der Waals surface area contributed by atoms with Crippen LogP contribution in [0.4, 0.5) is 18.0 Å². The van der Waals surface area contributed by atoms with E-state index in [0.717, 1.165) is 18.5 Å². The van der Waals surface area contributed by atoms with E-state index in [1.54, 1.807) is 25.2 Å². The minimum absolute atomic E-state index is 0. The first-order valence-electron chi connectivity index (χ1n) is 10.1. The first-order chi connectivity index (χ1) is 14.4. The van der Waals surface area contributed by atoms with Gasteiger partial charge in [0.15, 0.2) is 5.96 Å². The van der Waals surface area contributed by atoms with Crippen molar-refractivity contribution in [2.45, 2.75) is 58.2 Å². The van der Waals surface area contributed by atoms with Crippen molar-refractivity contribution in [3.8, 4) is 0 Å². The van der Waals surface area contributed by atoms with Crippen LogP contribution in [0, 0.1) is 0 Å². The second-order valence-corrected chi connectivity index (χ2v) is 8.41. The number of carbonyl (C=O) groups excluding carboxylic acids is 1. The lowest BCUT2D eigenvalue weighted by atomic mass is 10.1. The van der Waals surface area contributed by atoms with Crippen LogP contribution >= 0.6 is 24.0 Å². The Kier molecular flexibility index (Phi) is 11.0. The lowest BCUT2D eigenvalue weighted by Crippen LogP contribution is -2.44. The number of ether oxygens (including phenoxy) is 2. The number of likely N-dealkylation sites (tertiary alicyclic amines) is 1. The van der Waals surface area contributed by atoms with Gasteiger partial charge in [-0.05, 0) is 38.3 Å². The van der Waals surface area contributed by atoms with E-state index in [1.165, 1.54) is 0 Å². The average molecular weight is 572 g/mol. The molecule has 2 N–H and O–H groups in total. The van der Waals surface area contributed by atoms with Crippen LogP contribution in [-0.4, -0.2) is 61.5 Å². The smallest absolute Gasteiger partial charge is 0.411 e. The molecule has 0 aliphatic carbocycles. The summed E-state index contributed by atoms with van der Waals surface area (Å²) in [6.45, 7) is 5.86. The van der Waals surface area contributed by atoms with Gasteiger partial charge in [-0.2, -0.15) is 13.2 Å². The molecule has 1 aliphatic heterocycles. The summed E-state index contributed by atoms with van der Waals surface area (Å²) in [6, 6.07) is 7.14. The van der Waals surface area contributed by atoms with E-state index in [9.17, 15) is 18.0 Å². The Hall–Kier alpha value is -1.76. The van der Waals surface area contributed by atoms with E-state index < -0.39 is 24.5 Å². The highest BCUT2D eigenvalue weighted by Crippen LogP contribution is 2.16. The monoisotopic (exact) mass is 572 g/mol. The Bertz CT molecular complexity index is 769. The van der Waals surface area contributed by atoms with Crippen LogP contribution in [0.3, 0.4) is 0 Å². The third kappa shape index (κ3) is 10.7. The highest BCUT2D eigenvalue weighted by atomic mass is 127. The molecule has 1 heterocycles. The Morgan fingerprint density at radius 1 is 1.25 bits per heavy atom. The Morgan fingerprint density at radius 2 is 1.94 bits per heavy atom. The summed E-state index contributed by atoms with van der Waals surface area (Å²) >= 11 is 0. The van der Waals surface area contributed by atoms with E-state index in [-0.39, 0.29) is 36.6 Å². The molecular weight excluding hydrogens is 540 g/mol. The summed E-state index contributed by atoms with van der Waals surface area (Å²) in [5, 5.41) is 6.13. The van der Waals surface area contributed by atoms with Crippen LogP contribution < -0.4 is 10.6 Å². The minimum Gasteiger partial charge on any atom is -0.444 e. The fraction of sp³-hybridized carbons (Fsp3) is 0.619. The predicted molar refractivity (Wildman–Crippen MR) is 127 cm³/mol. The fourth-order valence-electron chi connectivity index (χ4n) is 3.17. The number of aliphatic imine (C=N–C) groups is 1. The van der Waals surface area contributed by atoms with E-state index >= 15 is 0 Å². The molecule has 0 radical (unpaired) electrons. The van der Waals surface area contributed by atoms with Crippen molar-refractivity contribution in [2.75, 3.05) is 26.7 Å². The lowest BCUT2D eigenvalue weighted by Gasteiger charge is -2.23. The number of benzene rings is 1. The van der Waals surface area contributed by atoms with Crippen molar-refractivity contribution in [1.82, 2.24) is 15.5 Å². The quantitative estimate of drug-likeness (QED) is 0.306. The number of alkyl halides is 3. The van der Waals surface area contributed by atoms with Crippen LogP contribution in [0.2, 0.25) is 0 Å². The molecule has 1 amide bonds. The first kappa shape index (κ1) is 28.3. The highest BCUT2D eigenvalue weighted by molar-refractivity contribution is 14.0. The number of carbonyl (C=O) groups is 1. The van der Waals surface area contributed by atoms with Gasteiger partial charge in [0.05, 0.1) is 12.6 Å². The van der Waals surface area contributed by atoms with E-state index in [1.807, 2.05) is 31.7 Å². The van der Waals surface area contributed by atoms with Crippen molar-refractivity contribution in [3.63, 3.8) is 0 Å². The van der Waals surface area contributed by atoms with Gasteiger partial charge in [0.2, 0.25) is 0 Å². The molecule has 32 heavy (non-hydrogen) atoms. The first-order valence-corrected chi connectivity index (χ1v) is 10.1. The third-order valence-electron chi connectivity index (χ3n) is 4.40. The van der Waals surface area contributed by atoms with Gasteiger partial charge in [0.25, 0.3) is 0 Å². The number of nitrogens with zero attached hydrogens (tertiary/aromatic N) is 2. The number of rotatable bonds is 6. The van der Waals surface area contributed by atoms with Gasteiger partial charge in [-0.15, -0.1) is 24.0 Å². The average Bonchev–Trinajstić information content (AvgIpc) is 3.08. The molecular formula is C21H32F3IN4O3. The normalized spacial score (nSPS) is 17.0. The molecule has 1 aliphatic rings. The van der Waals surface area contributed by atoms with Gasteiger partial charge in [-0.3, -0.25) is 4.99 Å². The van der Waals surface area contributed by atoms with Crippen LogP contribution in [0.5, 0.6) is 0 Å². The van der Waals surface area contributed by atoms with E-state index in [2.05, 4.69) is 15.6 Å². The number of alkyl carbamates (subject to hydrolysis) is 1. The SMILES string of the molecule is CN=C(NCc1cccc(COCC(F)(F)F)c1)N1CCC(NC(=O)OC(C)(C)C)C1.I. The van der Waals surface area contributed by atoms with Crippen LogP contribution in [0.1, 0.15) is 38.3 Å². The number of hydrogen-bond donors (Lipinski definition) is 2. The zero-order chi connectivity index (χ0) is 23.1. The number of halogens is 4. The third-order valence-corrected chi connectivity index (χ3v) is 4.40. The van der Waals surface area contributed by atoms with Crippen LogP contribution in [0.15, 0.2) is 29.3 Å². The summed E-state index contributed by atoms with van der Waals surface area (Å²) in [5.74, 6) is 0.687. The Labute approximate surface area is 204 Å². The topological polar surface area (TPSA) is 75.2 Å². The van der Waals surface area contributed by atoms with Crippen molar-refractivity contribution in [1.29, 1.82) is 0 Å². The van der Waals surface area contributed by atoms with E-state index in [4.69, 9.17) is 9.47 Å². The second-order valence-electron chi connectivity index (χ2n) is 8.41. The predicted octanol–water partition coefficient (Wildman–Crippen LogP) is 4.06. The van der Waals surface area contributed by atoms with Gasteiger partial charge in [0, 0.05) is 26.7 Å². The second kappa shape index (κ2) is 12.5. The summed E-state index contributed by atoms with van der Waals surface area (Å²) in [7, 11) is 1.68.